The van der Waals surface area contributed by atoms with Crippen LogP contribution in [0.25, 0.3) is 9.53 Å². The zero-order valence-corrected chi connectivity index (χ0v) is 22.8. The molecule has 1 amide bonds. The summed E-state index contributed by atoms with van der Waals surface area (Å²) in [5.41, 5.74) is 2.27. The first-order valence-electron chi connectivity index (χ1n) is 12.1. The Balaban J connectivity index is 1.33. The molecule has 39 heavy (non-hydrogen) atoms. The van der Waals surface area contributed by atoms with Crippen LogP contribution in [0.5, 0.6) is 5.75 Å². The smallest absolute Gasteiger partial charge is 0.231 e. The summed E-state index contributed by atoms with van der Waals surface area (Å²) in [7, 11) is 0. The molecule has 2 aromatic heterocycles. The number of thiophene rings is 1. The van der Waals surface area contributed by atoms with E-state index in [1.54, 1.807) is 31.2 Å². The largest absolute Gasteiger partial charge is 0.473 e. The maximum Gasteiger partial charge on any atom is 0.231 e. The molecule has 0 saturated heterocycles. The molecule has 11 nitrogen and oxygen atoms in total. The number of azo groups is 2. The van der Waals surface area contributed by atoms with Gasteiger partial charge in [0.1, 0.15) is 15.6 Å². The average Bonchev–Trinajstić information content (AvgIpc) is 3.52. The molecule has 0 atom stereocenters. The fourth-order valence-electron chi connectivity index (χ4n) is 3.35. The van der Waals surface area contributed by atoms with Crippen LogP contribution in [-0.2, 0) is 4.79 Å². The normalized spacial score (nSPS) is 11.3. The summed E-state index contributed by atoms with van der Waals surface area (Å²) in [5.74, 6) is 0.561. The topological polar surface area (TPSA) is 148 Å². The van der Waals surface area contributed by atoms with Crippen molar-refractivity contribution in [1.29, 1.82) is 5.26 Å². The number of nitriles is 1. The second-order valence-electron chi connectivity index (χ2n) is 8.02. The lowest BCUT2D eigenvalue weighted by molar-refractivity contribution is -0.121. The second-order valence-corrected chi connectivity index (χ2v) is 10.0. The first-order chi connectivity index (χ1) is 19.1. The molecule has 200 valence electrons. The van der Waals surface area contributed by atoms with E-state index in [1.165, 1.54) is 22.7 Å². The van der Waals surface area contributed by atoms with Crippen LogP contribution in [-0.4, -0.2) is 42.4 Å². The molecule has 0 bridgehead atoms. The molecular formula is C26H26N8O3S2. The number of aliphatic hydroxyl groups is 1. The number of fused-ring (bicyclic) bond motifs is 1. The van der Waals surface area contributed by atoms with Gasteiger partial charge in [-0.05, 0) is 54.6 Å². The Kier molecular flexibility index (Phi) is 10.0. The fraction of sp³-hybridized carbons (Fsp3) is 0.269. The predicted octanol–water partition coefficient (Wildman–Crippen LogP) is 6.76. The molecule has 0 aliphatic carbocycles. The van der Waals surface area contributed by atoms with E-state index >= 15 is 0 Å². The number of anilines is 1. The van der Waals surface area contributed by atoms with Crippen molar-refractivity contribution >= 4 is 65.3 Å². The predicted molar refractivity (Wildman–Crippen MR) is 152 cm³/mol. The second kappa shape index (κ2) is 14.1. The molecule has 2 heterocycles. The Hall–Kier alpha value is -4.25. The van der Waals surface area contributed by atoms with E-state index in [-0.39, 0.29) is 19.2 Å². The molecular weight excluding hydrogens is 536 g/mol. The Morgan fingerprint density at radius 3 is 2.44 bits per heavy atom. The minimum absolute atomic E-state index is 0.0157. The van der Waals surface area contributed by atoms with E-state index in [0.717, 1.165) is 20.2 Å². The lowest BCUT2D eigenvalue weighted by Crippen LogP contribution is -2.27. The zero-order chi connectivity index (χ0) is 27.5. The molecule has 0 aliphatic rings. The number of carbonyl (C=O) groups is 1. The molecule has 2 aromatic carbocycles. The van der Waals surface area contributed by atoms with Crippen molar-refractivity contribution in [3.63, 3.8) is 0 Å². The summed E-state index contributed by atoms with van der Waals surface area (Å²) >= 11 is 2.84. The first kappa shape index (κ1) is 27.8. The van der Waals surface area contributed by atoms with Gasteiger partial charge in [-0.1, -0.05) is 29.6 Å². The van der Waals surface area contributed by atoms with Crippen molar-refractivity contribution in [2.75, 3.05) is 31.3 Å². The van der Waals surface area contributed by atoms with Crippen LogP contribution in [0.3, 0.4) is 0 Å². The van der Waals surface area contributed by atoms with Gasteiger partial charge in [-0.3, -0.25) is 4.79 Å². The number of aliphatic hydroxyl groups excluding tert-OH is 1. The zero-order valence-electron chi connectivity index (χ0n) is 21.1. The van der Waals surface area contributed by atoms with E-state index in [0.29, 0.717) is 48.2 Å². The van der Waals surface area contributed by atoms with Gasteiger partial charge in [-0.25, -0.2) is 4.98 Å². The molecule has 0 unspecified atom stereocenters. The number of hydrogen-bond acceptors (Lipinski definition) is 12. The summed E-state index contributed by atoms with van der Waals surface area (Å²) in [4.78, 5) is 18.6. The van der Waals surface area contributed by atoms with Crippen LogP contribution < -0.4 is 15.0 Å². The van der Waals surface area contributed by atoms with E-state index < -0.39 is 0 Å². The molecule has 0 saturated carbocycles. The highest BCUT2D eigenvalue weighted by atomic mass is 32.1. The minimum Gasteiger partial charge on any atom is -0.473 e. The maximum atomic E-state index is 11.3. The van der Waals surface area contributed by atoms with Crippen LogP contribution in [0.2, 0.25) is 0 Å². The molecule has 0 aliphatic heterocycles. The number of rotatable bonds is 13. The molecule has 2 N–H and O–H groups in total. The van der Waals surface area contributed by atoms with Gasteiger partial charge in [-0.2, -0.15) is 5.26 Å². The van der Waals surface area contributed by atoms with Gasteiger partial charge in [-0.15, -0.1) is 20.5 Å². The molecule has 0 fully saturated rings. The number of thiazole rings is 1. The van der Waals surface area contributed by atoms with Gasteiger partial charge in [0.05, 0.1) is 35.2 Å². The number of nitrogens with zero attached hydrogens (tertiary/aromatic N) is 7. The number of carbonyl (C=O) groups excluding carboxylic acids is 1. The first-order valence-corrected chi connectivity index (χ1v) is 13.8. The van der Waals surface area contributed by atoms with Crippen molar-refractivity contribution in [2.45, 2.75) is 19.8 Å². The minimum atomic E-state index is -0.0670. The number of benzene rings is 2. The van der Waals surface area contributed by atoms with E-state index in [2.05, 4.69) is 36.8 Å². The monoisotopic (exact) mass is 562 g/mol. The van der Waals surface area contributed by atoms with Crippen molar-refractivity contribution in [3.05, 3.63) is 54.6 Å². The van der Waals surface area contributed by atoms with E-state index in [4.69, 9.17) is 10.00 Å². The van der Waals surface area contributed by atoms with Gasteiger partial charge in [0.15, 0.2) is 6.73 Å². The number of hydrogen-bond donors (Lipinski definition) is 2. The summed E-state index contributed by atoms with van der Waals surface area (Å²) in [6.45, 7) is 2.93. The van der Waals surface area contributed by atoms with Gasteiger partial charge in [0.25, 0.3) is 0 Å². The Morgan fingerprint density at radius 2 is 1.77 bits per heavy atom. The molecule has 4 aromatic rings. The number of nitrogens with one attached hydrogen (secondary N) is 1. The Bertz CT molecular complexity index is 1440. The van der Waals surface area contributed by atoms with Crippen molar-refractivity contribution in [2.24, 2.45) is 20.5 Å². The van der Waals surface area contributed by atoms with Gasteiger partial charge in [0.2, 0.25) is 11.0 Å². The summed E-state index contributed by atoms with van der Waals surface area (Å²) < 4.78 is 6.43. The summed E-state index contributed by atoms with van der Waals surface area (Å²) in [5, 5.41) is 39.2. The molecule has 0 radical (unpaired) electrons. The number of amides is 1. The third kappa shape index (κ3) is 8.11. The average molecular weight is 563 g/mol. The third-order valence-electron chi connectivity index (χ3n) is 5.32. The van der Waals surface area contributed by atoms with Crippen molar-refractivity contribution < 1.29 is 14.6 Å². The summed E-state index contributed by atoms with van der Waals surface area (Å²) in [6, 6.07) is 18.6. The third-order valence-corrected chi connectivity index (χ3v) is 7.25. The van der Waals surface area contributed by atoms with Crippen LogP contribution in [0.4, 0.5) is 27.2 Å². The van der Waals surface area contributed by atoms with E-state index in [9.17, 15) is 9.90 Å². The molecule has 13 heteroatoms. The lowest BCUT2D eigenvalue weighted by Gasteiger charge is -2.22. The Labute approximate surface area is 233 Å². The number of aromatic nitrogens is 1. The quantitative estimate of drug-likeness (QED) is 0.136. The molecule has 0 spiro atoms. The van der Waals surface area contributed by atoms with Crippen LogP contribution >= 0.6 is 22.7 Å². The van der Waals surface area contributed by atoms with Crippen molar-refractivity contribution in [1.82, 2.24) is 10.3 Å². The van der Waals surface area contributed by atoms with Crippen LogP contribution in [0, 0.1) is 11.3 Å². The fourth-order valence-corrected chi connectivity index (χ4v) is 5.20. The Morgan fingerprint density at radius 1 is 1.05 bits per heavy atom. The highest BCUT2D eigenvalue weighted by molar-refractivity contribution is 7.30. The van der Waals surface area contributed by atoms with Crippen LogP contribution in [0.15, 0.2) is 75.1 Å². The summed E-state index contributed by atoms with van der Waals surface area (Å²) in [6.07, 6.45) is 0.799. The highest BCUT2D eigenvalue weighted by Gasteiger charge is 2.09. The maximum absolute atomic E-state index is 11.3. The van der Waals surface area contributed by atoms with Crippen LogP contribution in [0.1, 0.15) is 19.8 Å². The number of ether oxygens (including phenoxy) is 1. The van der Waals surface area contributed by atoms with E-state index in [1.807, 2.05) is 35.2 Å². The van der Waals surface area contributed by atoms with Crippen molar-refractivity contribution in [3.8, 4) is 11.8 Å². The molecule has 4 rings (SSSR count). The van der Waals surface area contributed by atoms with Gasteiger partial charge < -0.3 is 20.1 Å². The lowest BCUT2D eigenvalue weighted by atomic mass is 10.2. The highest BCUT2D eigenvalue weighted by Crippen LogP contribution is 2.39. The SMILES string of the molecule is CCC(=O)NCOc1ccc(N=Nc2cc3sc(N=Nc4ccc(N(CCO)CCC#N)cc4)nc3s2)cc1. The standard InChI is InChI=1S/C26H26N8O3S2/c1-2-23(36)28-17-37-21-10-6-19(7-11-21)30-32-24-16-22-25(39-24)29-26(38-22)33-31-18-4-8-20(9-5-18)34(14-15-35)13-3-12-27/h4-11,16,35H,2-3,13-15,17H2,1H3,(H,28,36). The van der Waals surface area contributed by atoms with Gasteiger partial charge in [0, 0.05) is 25.2 Å². The van der Waals surface area contributed by atoms with Gasteiger partial charge >= 0.3 is 0 Å².